The summed E-state index contributed by atoms with van der Waals surface area (Å²) in [5.41, 5.74) is 7.33. The van der Waals surface area contributed by atoms with Gasteiger partial charge in [-0.1, -0.05) is 11.6 Å². The highest BCUT2D eigenvalue weighted by Crippen LogP contribution is 2.25. The molecular weight excluding hydrogens is 212 g/mol. The summed E-state index contributed by atoms with van der Waals surface area (Å²) in [5.74, 6) is 0.695. The topological polar surface area (TPSA) is 59.0 Å². The third kappa shape index (κ3) is 3.12. The van der Waals surface area contributed by atoms with E-state index < -0.39 is 6.04 Å². The first-order valence-electron chi connectivity index (χ1n) is 4.59. The molecule has 0 saturated heterocycles. The average molecular weight is 225 g/mol. The Kier molecular flexibility index (Phi) is 3.96. The van der Waals surface area contributed by atoms with E-state index in [1.807, 2.05) is 32.0 Å². The molecule has 1 aromatic carbocycles. The number of benzene rings is 1. The monoisotopic (exact) mass is 224 g/mol. The largest absolute Gasteiger partial charge is 0.491 e. The lowest BCUT2D eigenvalue weighted by molar-refractivity contribution is 0.308. The van der Waals surface area contributed by atoms with Gasteiger partial charge in [-0.25, -0.2) is 0 Å². The highest BCUT2D eigenvalue weighted by atomic mass is 35.5. The molecule has 0 radical (unpaired) electrons. The molecule has 2 N–H and O–H groups in total. The van der Waals surface area contributed by atoms with Crippen LogP contribution in [0.2, 0.25) is 5.02 Å². The molecule has 1 unspecified atom stereocenters. The second-order valence-corrected chi connectivity index (χ2v) is 3.80. The Balaban J connectivity index is 2.76. The number of rotatable bonds is 3. The first-order chi connectivity index (χ1) is 7.04. The summed E-state index contributed by atoms with van der Waals surface area (Å²) >= 11 is 6.01. The van der Waals surface area contributed by atoms with Crippen molar-refractivity contribution in [3.8, 4) is 11.8 Å². The van der Waals surface area contributed by atoms with Crippen molar-refractivity contribution in [1.29, 1.82) is 5.26 Å². The van der Waals surface area contributed by atoms with Gasteiger partial charge in [0.2, 0.25) is 0 Å². The third-order valence-electron chi connectivity index (χ3n) is 2.01. The van der Waals surface area contributed by atoms with Crippen LogP contribution in [0.3, 0.4) is 0 Å². The van der Waals surface area contributed by atoms with Crippen molar-refractivity contribution >= 4 is 11.6 Å². The summed E-state index contributed by atoms with van der Waals surface area (Å²) in [6, 6.07) is 4.97. The maximum Gasteiger partial charge on any atom is 0.127 e. The minimum Gasteiger partial charge on any atom is -0.491 e. The van der Waals surface area contributed by atoms with Crippen LogP contribution < -0.4 is 10.5 Å². The van der Waals surface area contributed by atoms with E-state index in [-0.39, 0.29) is 6.61 Å². The van der Waals surface area contributed by atoms with E-state index in [0.717, 1.165) is 16.1 Å². The van der Waals surface area contributed by atoms with Crippen LogP contribution in [-0.2, 0) is 0 Å². The number of hydrogen-bond acceptors (Lipinski definition) is 3. The number of nitrogens with two attached hydrogens (primary N) is 1. The lowest BCUT2D eigenvalue weighted by atomic mass is 10.1. The summed E-state index contributed by atoms with van der Waals surface area (Å²) in [6.45, 7) is 4.01. The standard InChI is InChI=1S/C11H13ClN2O/c1-7-3-10(4-8(2)11(7)12)15-6-9(14)5-13/h3-4,9H,6,14H2,1-2H3. The van der Waals surface area contributed by atoms with Gasteiger partial charge in [0, 0.05) is 5.02 Å². The molecule has 0 saturated carbocycles. The Morgan fingerprint density at radius 3 is 2.47 bits per heavy atom. The molecule has 0 bridgehead atoms. The predicted molar refractivity (Wildman–Crippen MR) is 60.0 cm³/mol. The maximum absolute atomic E-state index is 8.49. The Morgan fingerprint density at radius 1 is 1.47 bits per heavy atom. The molecule has 15 heavy (non-hydrogen) atoms. The van der Waals surface area contributed by atoms with Gasteiger partial charge in [-0.2, -0.15) is 5.26 Å². The van der Waals surface area contributed by atoms with Crippen molar-refractivity contribution in [3.63, 3.8) is 0 Å². The molecule has 0 aromatic heterocycles. The zero-order chi connectivity index (χ0) is 11.4. The number of nitrogens with zero attached hydrogens (tertiary/aromatic N) is 1. The quantitative estimate of drug-likeness (QED) is 0.856. The van der Waals surface area contributed by atoms with E-state index in [0.29, 0.717) is 5.75 Å². The van der Waals surface area contributed by atoms with Gasteiger partial charge in [0.25, 0.3) is 0 Å². The zero-order valence-corrected chi connectivity index (χ0v) is 9.51. The first kappa shape index (κ1) is 11.8. The summed E-state index contributed by atoms with van der Waals surface area (Å²) in [7, 11) is 0. The van der Waals surface area contributed by atoms with E-state index >= 15 is 0 Å². The predicted octanol–water partition coefficient (Wildman–Crippen LogP) is 2.19. The molecule has 4 heteroatoms. The minimum absolute atomic E-state index is 0.191. The molecule has 0 fully saturated rings. The molecular formula is C11H13ClN2O. The van der Waals surface area contributed by atoms with Crippen molar-refractivity contribution in [2.45, 2.75) is 19.9 Å². The molecule has 0 amide bonds. The number of halogens is 1. The van der Waals surface area contributed by atoms with Crippen LogP contribution in [-0.4, -0.2) is 12.6 Å². The van der Waals surface area contributed by atoms with E-state index in [2.05, 4.69) is 0 Å². The van der Waals surface area contributed by atoms with Crippen molar-refractivity contribution in [1.82, 2.24) is 0 Å². The fourth-order valence-corrected chi connectivity index (χ4v) is 1.32. The van der Waals surface area contributed by atoms with Gasteiger partial charge in [0.05, 0.1) is 6.07 Å². The number of aryl methyl sites for hydroxylation is 2. The van der Waals surface area contributed by atoms with Gasteiger partial charge in [-0.15, -0.1) is 0 Å². The lowest BCUT2D eigenvalue weighted by Crippen LogP contribution is -2.25. The van der Waals surface area contributed by atoms with Gasteiger partial charge in [-0.05, 0) is 37.1 Å². The van der Waals surface area contributed by atoms with Gasteiger partial charge in [-0.3, -0.25) is 0 Å². The molecule has 0 spiro atoms. The third-order valence-corrected chi connectivity index (χ3v) is 2.60. The number of ether oxygens (including phenoxy) is 1. The second kappa shape index (κ2) is 5.01. The molecule has 1 rings (SSSR count). The Bertz CT molecular complexity index is 375. The smallest absolute Gasteiger partial charge is 0.127 e. The summed E-state index contributed by atoms with van der Waals surface area (Å²) in [6.07, 6.45) is 0. The van der Waals surface area contributed by atoms with Gasteiger partial charge < -0.3 is 10.5 Å². The average Bonchev–Trinajstić information content (AvgIpc) is 2.22. The van der Waals surface area contributed by atoms with Gasteiger partial charge >= 0.3 is 0 Å². The zero-order valence-electron chi connectivity index (χ0n) is 8.75. The second-order valence-electron chi connectivity index (χ2n) is 3.42. The van der Waals surface area contributed by atoms with Crippen molar-refractivity contribution in [3.05, 3.63) is 28.3 Å². The number of hydrogen-bond donors (Lipinski definition) is 1. The molecule has 80 valence electrons. The Morgan fingerprint density at radius 2 is 2.00 bits per heavy atom. The fourth-order valence-electron chi connectivity index (χ4n) is 1.21. The molecule has 0 aliphatic heterocycles. The normalized spacial score (nSPS) is 11.9. The SMILES string of the molecule is Cc1cc(OCC(N)C#N)cc(C)c1Cl. The molecule has 0 aliphatic carbocycles. The maximum atomic E-state index is 8.49. The fraction of sp³-hybridized carbons (Fsp3) is 0.364. The highest BCUT2D eigenvalue weighted by Gasteiger charge is 2.05. The van der Waals surface area contributed by atoms with Crippen LogP contribution in [0.5, 0.6) is 5.75 Å². The van der Waals surface area contributed by atoms with E-state index in [1.54, 1.807) is 0 Å². The van der Waals surface area contributed by atoms with E-state index in [1.165, 1.54) is 0 Å². The summed E-state index contributed by atoms with van der Waals surface area (Å²) < 4.78 is 5.37. The molecule has 1 atom stereocenters. The molecule has 0 aliphatic rings. The van der Waals surface area contributed by atoms with Crippen LogP contribution in [0.15, 0.2) is 12.1 Å². The van der Waals surface area contributed by atoms with Gasteiger partial charge in [0.15, 0.2) is 0 Å². The van der Waals surface area contributed by atoms with E-state index in [9.17, 15) is 0 Å². The van der Waals surface area contributed by atoms with Crippen LogP contribution in [0.1, 0.15) is 11.1 Å². The number of nitriles is 1. The van der Waals surface area contributed by atoms with Crippen LogP contribution in [0.25, 0.3) is 0 Å². The Labute approximate surface area is 94.4 Å². The minimum atomic E-state index is -0.596. The molecule has 0 heterocycles. The first-order valence-corrected chi connectivity index (χ1v) is 4.97. The molecule has 3 nitrogen and oxygen atoms in total. The van der Waals surface area contributed by atoms with Crippen LogP contribution in [0.4, 0.5) is 0 Å². The van der Waals surface area contributed by atoms with Crippen LogP contribution >= 0.6 is 11.6 Å². The lowest BCUT2D eigenvalue weighted by Gasteiger charge is -2.10. The summed E-state index contributed by atoms with van der Waals surface area (Å²) in [4.78, 5) is 0. The Hall–Kier alpha value is -1.24. The van der Waals surface area contributed by atoms with Crippen molar-refractivity contribution in [2.75, 3.05) is 6.61 Å². The van der Waals surface area contributed by atoms with Gasteiger partial charge in [0.1, 0.15) is 18.4 Å². The summed E-state index contributed by atoms with van der Waals surface area (Å²) in [5, 5.41) is 9.23. The van der Waals surface area contributed by atoms with E-state index in [4.69, 9.17) is 27.3 Å². The van der Waals surface area contributed by atoms with Crippen molar-refractivity contribution in [2.24, 2.45) is 5.73 Å². The molecule has 1 aromatic rings. The highest BCUT2D eigenvalue weighted by molar-refractivity contribution is 6.32. The van der Waals surface area contributed by atoms with Crippen LogP contribution in [0, 0.1) is 25.2 Å². The van der Waals surface area contributed by atoms with Crippen molar-refractivity contribution < 1.29 is 4.74 Å².